The molecule has 0 bridgehead atoms. The van der Waals surface area contributed by atoms with Gasteiger partial charge in [0.25, 0.3) is 5.84 Å². The first-order chi connectivity index (χ1) is 10.6. The second kappa shape index (κ2) is 5.22. The number of carboxylic acids is 1. The summed E-state index contributed by atoms with van der Waals surface area (Å²) < 4.78 is -0.201. The highest BCUT2D eigenvalue weighted by Gasteiger charge is 2.45. The largest absolute Gasteiger partial charge is 0.478 e. The number of carboxylic acid groups (broad SMARTS) is 1. The summed E-state index contributed by atoms with van der Waals surface area (Å²) in [6.45, 7) is 0. The number of aliphatic imine (C=N–C) groups is 2. The maximum absolute atomic E-state index is 10.9. The lowest BCUT2D eigenvalue weighted by Crippen LogP contribution is -2.37. The first kappa shape index (κ1) is 14.2. The van der Waals surface area contributed by atoms with E-state index in [2.05, 4.69) is 16.1 Å². The van der Waals surface area contributed by atoms with Crippen molar-refractivity contribution < 1.29 is 13.9 Å². The smallest absolute Gasteiger partial charge is 0.335 e. The van der Waals surface area contributed by atoms with Gasteiger partial charge < -0.3 is 5.11 Å². The Morgan fingerprint density at radius 1 is 1.36 bits per heavy atom. The molecular weight excluding hydrogens is 304 g/mol. The van der Waals surface area contributed by atoms with E-state index in [1.165, 1.54) is 12.1 Å². The molecule has 0 aliphatic carbocycles. The van der Waals surface area contributed by atoms with Crippen molar-refractivity contribution in [3.05, 3.63) is 59.2 Å². The van der Waals surface area contributed by atoms with E-state index in [0.717, 1.165) is 0 Å². The molecule has 6 nitrogen and oxygen atoms in total. The summed E-state index contributed by atoms with van der Waals surface area (Å²) in [7, 11) is 0. The van der Waals surface area contributed by atoms with E-state index >= 15 is 0 Å². The molecule has 2 heterocycles. The molecule has 1 unspecified atom stereocenters. The van der Waals surface area contributed by atoms with Gasteiger partial charge in [-0.2, -0.15) is 10.3 Å². The monoisotopic (exact) mass is 313 g/mol. The molecule has 3 rings (SSSR count). The minimum absolute atomic E-state index is 0.124. The molecule has 0 radical (unpaired) electrons. The van der Waals surface area contributed by atoms with Crippen LogP contribution in [0.4, 0.5) is 0 Å². The number of halogens is 1. The number of allylic oxidation sites excluding steroid dienone is 2. The molecule has 1 N–H and O–H groups in total. The van der Waals surface area contributed by atoms with Crippen molar-refractivity contribution >= 4 is 29.8 Å². The van der Waals surface area contributed by atoms with E-state index < -0.39 is 5.97 Å². The van der Waals surface area contributed by atoms with Gasteiger partial charge in [0.2, 0.25) is 5.70 Å². The van der Waals surface area contributed by atoms with Gasteiger partial charge in [0.15, 0.2) is 11.8 Å². The summed E-state index contributed by atoms with van der Waals surface area (Å²) in [5.41, 5.74) is 2.06. The Morgan fingerprint density at radius 3 is 2.73 bits per heavy atom. The van der Waals surface area contributed by atoms with Crippen molar-refractivity contribution in [3.8, 4) is 6.07 Å². The molecule has 22 heavy (non-hydrogen) atoms. The van der Waals surface area contributed by atoms with E-state index in [1.54, 1.807) is 30.7 Å². The van der Waals surface area contributed by atoms with Gasteiger partial charge in [0.05, 0.1) is 36.0 Å². The maximum Gasteiger partial charge on any atom is 0.335 e. The van der Waals surface area contributed by atoms with Crippen LogP contribution < -0.4 is 0 Å². The van der Waals surface area contributed by atoms with Crippen LogP contribution in [0.15, 0.2) is 58.0 Å². The first-order valence-electron chi connectivity index (χ1n) is 6.39. The Hall–Kier alpha value is -2.75. The zero-order chi connectivity index (χ0) is 15.7. The van der Waals surface area contributed by atoms with Gasteiger partial charge in [-0.15, -0.1) is 4.00 Å². The molecule has 2 aliphatic rings. The Labute approximate surface area is 131 Å². The van der Waals surface area contributed by atoms with E-state index in [1.807, 2.05) is 0 Å². The molecule has 1 aromatic rings. The van der Waals surface area contributed by atoms with Crippen molar-refractivity contribution in [1.82, 2.24) is 0 Å². The summed E-state index contributed by atoms with van der Waals surface area (Å²) in [6, 6.07) is 8.34. The summed E-state index contributed by atoms with van der Waals surface area (Å²) in [6.07, 6.45) is 4.93. The van der Waals surface area contributed by atoms with Crippen molar-refractivity contribution in [2.75, 3.05) is 0 Å². The minimum Gasteiger partial charge on any atom is -0.478 e. The topological polar surface area (TPSA) is 85.8 Å². The van der Waals surface area contributed by atoms with Crippen LogP contribution in [0.25, 0.3) is 0 Å². The fourth-order valence-corrected chi connectivity index (χ4v) is 2.66. The van der Waals surface area contributed by atoms with Gasteiger partial charge in [0, 0.05) is 0 Å². The molecule has 0 spiro atoms. The fourth-order valence-electron chi connectivity index (χ4n) is 2.33. The molecule has 0 fully saturated rings. The van der Waals surface area contributed by atoms with Gasteiger partial charge in [-0.05, 0) is 24.3 Å². The zero-order valence-corrected chi connectivity index (χ0v) is 12.0. The van der Waals surface area contributed by atoms with Gasteiger partial charge >= 0.3 is 5.97 Å². The maximum atomic E-state index is 10.9. The fraction of sp³-hybridized carbons (Fsp3) is 0.0667. The molecule has 1 atom stereocenters. The highest BCUT2D eigenvalue weighted by Crippen LogP contribution is 2.38. The molecule has 0 amide bonds. The Morgan fingerprint density at radius 2 is 2.09 bits per heavy atom. The van der Waals surface area contributed by atoms with Crippen LogP contribution in [-0.4, -0.2) is 27.1 Å². The van der Waals surface area contributed by atoms with Crippen molar-refractivity contribution in [3.63, 3.8) is 0 Å². The van der Waals surface area contributed by atoms with E-state index in [0.29, 0.717) is 22.8 Å². The second-order valence-electron chi connectivity index (χ2n) is 4.70. The Bertz CT molecular complexity index is 815. The molecule has 108 valence electrons. The molecule has 1 aromatic carbocycles. The molecule has 2 aliphatic heterocycles. The number of carbonyl (C=O) groups is 1. The van der Waals surface area contributed by atoms with Crippen molar-refractivity contribution in [1.29, 1.82) is 5.26 Å². The number of aromatic carboxylic acids is 1. The molecule has 7 heteroatoms. The molecule has 0 saturated heterocycles. The van der Waals surface area contributed by atoms with E-state index in [-0.39, 0.29) is 16.0 Å². The van der Waals surface area contributed by atoms with Crippen molar-refractivity contribution in [2.24, 2.45) is 9.98 Å². The number of quaternary nitrogens is 1. The minimum atomic E-state index is -0.997. The molecule has 0 aromatic heterocycles. The summed E-state index contributed by atoms with van der Waals surface area (Å²) in [5, 5.41) is 17.9. The average molecular weight is 314 g/mol. The van der Waals surface area contributed by atoms with Crippen LogP contribution >= 0.6 is 11.8 Å². The second-order valence-corrected chi connectivity index (χ2v) is 5.23. The average Bonchev–Trinajstić information content (AvgIpc) is 2.81. The quantitative estimate of drug-likeness (QED) is 0.870. The van der Waals surface area contributed by atoms with Crippen LogP contribution in [0, 0.1) is 11.3 Å². The number of rotatable bonds is 3. The van der Waals surface area contributed by atoms with Gasteiger partial charge in [-0.1, -0.05) is 0 Å². The number of nitriles is 1. The summed E-state index contributed by atoms with van der Waals surface area (Å²) in [5.74, 6) is -0.482. The molecule has 0 saturated carbocycles. The predicted molar refractivity (Wildman–Crippen MR) is 80.9 cm³/mol. The van der Waals surface area contributed by atoms with Gasteiger partial charge in [-0.3, -0.25) is 4.99 Å². The van der Waals surface area contributed by atoms with Crippen LogP contribution in [-0.2, 0) is 0 Å². The number of hydrogen-bond acceptors (Lipinski definition) is 4. The van der Waals surface area contributed by atoms with Crippen LogP contribution in [0.3, 0.4) is 0 Å². The Balaban J connectivity index is 2.06. The highest BCUT2D eigenvalue weighted by molar-refractivity contribution is 6.20. The lowest BCUT2D eigenvalue weighted by molar-refractivity contribution is -0.600. The Kier molecular flexibility index (Phi) is 3.37. The van der Waals surface area contributed by atoms with E-state index in [4.69, 9.17) is 22.1 Å². The highest BCUT2D eigenvalue weighted by atomic mass is 35.5. The SMILES string of the molecule is N#CCC1=C2C=NC=C[N+]2(Cl)C(c2ccc(C(=O)O)cc2)=N1. The van der Waals surface area contributed by atoms with Crippen LogP contribution in [0.1, 0.15) is 22.3 Å². The molecular formula is C15H10ClN4O2+. The van der Waals surface area contributed by atoms with Crippen LogP contribution in [0.5, 0.6) is 0 Å². The third-order valence-electron chi connectivity index (χ3n) is 3.39. The summed E-state index contributed by atoms with van der Waals surface area (Å²) in [4.78, 5) is 19.4. The number of fused-ring (bicyclic) bond motifs is 1. The third-order valence-corrected chi connectivity index (χ3v) is 3.84. The van der Waals surface area contributed by atoms with Crippen LogP contribution in [0.2, 0.25) is 0 Å². The van der Waals surface area contributed by atoms with Crippen molar-refractivity contribution in [2.45, 2.75) is 6.42 Å². The number of amidine groups is 1. The van der Waals surface area contributed by atoms with Gasteiger partial charge in [-0.25, -0.2) is 4.79 Å². The third kappa shape index (κ3) is 2.13. The summed E-state index contributed by atoms with van der Waals surface area (Å²) >= 11 is 6.65. The lowest BCUT2D eigenvalue weighted by atomic mass is 10.1. The first-order valence-corrected chi connectivity index (χ1v) is 6.73. The zero-order valence-electron chi connectivity index (χ0n) is 11.3. The predicted octanol–water partition coefficient (Wildman–Crippen LogP) is 2.80. The standard InChI is InChI=1S/C15H9ClN4O2/c16-20-8-7-18-9-13(20)12(5-6-17)19-14(20)10-1-3-11(4-2-10)15(21)22/h1-4,7-9H,5H2/p+1. The van der Waals surface area contributed by atoms with Gasteiger partial charge in [0.1, 0.15) is 11.9 Å². The van der Waals surface area contributed by atoms with E-state index in [9.17, 15) is 4.79 Å². The number of nitrogens with zero attached hydrogens (tertiary/aromatic N) is 4. The normalized spacial score (nSPS) is 22.3. The lowest BCUT2D eigenvalue weighted by Gasteiger charge is -2.22. The number of benzene rings is 1. The number of hydrogen-bond donors (Lipinski definition) is 1.